The fourth-order valence-electron chi connectivity index (χ4n) is 2.10. The fraction of sp³-hybridized carbons (Fsp3) is 0.267. The molecule has 0 radical (unpaired) electrons. The Labute approximate surface area is 120 Å². The predicted octanol–water partition coefficient (Wildman–Crippen LogP) is 3.38. The first-order valence-corrected chi connectivity index (χ1v) is 6.91. The zero-order chi connectivity index (χ0) is 13.7. The topological polar surface area (TPSA) is 33.1 Å². The summed E-state index contributed by atoms with van der Waals surface area (Å²) < 4.78 is 14.0. The van der Waals surface area contributed by atoms with E-state index in [0.29, 0.717) is 6.42 Å². The van der Waals surface area contributed by atoms with Crippen LogP contribution in [-0.4, -0.2) is 16.7 Å². The number of hydrogen-bond donors (Lipinski definition) is 1. The van der Waals surface area contributed by atoms with Gasteiger partial charge in [-0.25, -0.2) is 4.39 Å². The number of rotatable bonds is 5. The highest BCUT2D eigenvalue weighted by Crippen LogP contribution is 2.17. The Kier molecular flexibility index (Phi) is 5.05. The van der Waals surface area contributed by atoms with E-state index in [1.54, 1.807) is 18.5 Å². The number of nitrogens with zero attached hydrogens (tertiary/aromatic N) is 1. The van der Waals surface area contributed by atoms with E-state index in [1.807, 2.05) is 12.1 Å². The summed E-state index contributed by atoms with van der Waals surface area (Å²) in [5.41, 5.74) is 1.96. The minimum absolute atomic E-state index is 0.0675. The number of aromatic nitrogens is 1. The Morgan fingerprint density at radius 1 is 1.16 bits per heavy atom. The molecule has 1 heterocycles. The number of pyridine rings is 1. The van der Waals surface area contributed by atoms with Crippen molar-refractivity contribution >= 4 is 15.9 Å². The van der Waals surface area contributed by atoms with Crippen LogP contribution < -0.4 is 0 Å². The number of halogens is 2. The molecule has 1 unspecified atom stereocenters. The van der Waals surface area contributed by atoms with Crippen LogP contribution >= 0.6 is 15.9 Å². The van der Waals surface area contributed by atoms with Crippen LogP contribution in [0.3, 0.4) is 0 Å². The number of aliphatic hydroxyl groups excluding tert-OH is 1. The number of aliphatic hydroxyl groups is 1. The van der Waals surface area contributed by atoms with Gasteiger partial charge in [0.15, 0.2) is 0 Å². The zero-order valence-electron chi connectivity index (χ0n) is 10.4. The van der Waals surface area contributed by atoms with E-state index >= 15 is 0 Å². The molecule has 1 N–H and O–H groups in total. The van der Waals surface area contributed by atoms with Gasteiger partial charge >= 0.3 is 0 Å². The average molecular weight is 324 g/mol. The second kappa shape index (κ2) is 6.78. The summed E-state index contributed by atoms with van der Waals surface area (Å²) in [4.78, 5) is 4.10. The standard InChI is InChI=1S/C15H15BrFNO/c16-14-6-12(8-18-9-14)5-13(10-19)4-11-2-1-3-15(17)7-11/h1-3,6-9,13,19H,4-5,10H2. The maximum absolute atomic E-state index is 13.1. The van der Waals surface area contributed by atoms with Gasteiger partial charge < -0.3 is 5.11 Å². The first-order valence-electron chi connectivity index (χ1n) is 6.12. The summed E-state index contributed by atoms with van der Waals surface area (Å²) in [5, 5.41) is 9.46. The molecule has 4 heteroatoms. The van der Waals surface area contributed by atoms with Crippen molar-refractivity contribution in [2.75, 3.05) is 6.61 Å². The molecule has 0 fully saturated rings. The molecule has 1 aromatic carbocycles. The molecule has 100 valence electrons. The van der Waals surface area contributed by atoms with Gasteiger partial charge in [0, 0.05) is 23.5 Å². The minimum atomic E-state index is -0.238. The van der Waals surface area contributed by atoms with Gasteiger partial charge in [-0.2, -0.15) is 0 Å². The molecule has 19 heavy (non-hydrogen) atoms. The molecule has 0 aliphatic rings. The smallest absolute Gasteiger partial charge is 0.123 e. The lowest BCUT2D eigenvalue weighted by molar-refractivity contribution is 0.225. The van der Waals surface area contributed by atoms with Crippen molar-refractivity contribution in [3.63, 3.8) is 0 Å². The zero-order valence-corrected chi connectivity index (χ0v) is 12.0. The minimum Gasteiger partial charge on any atom is -0.396 e. The van der Waals surface area contributed by atoms with E-state index in [0.717, 1.165) is 22.0 Å². The molecule has 1 atom stereocenters. The van der Waals surface area contributed by atoms with Crippen molar-refractivity contribution in [3.8, 4) is 0 Å². The van der Waals surface area contributed by atoms with E-state index in [-0.39, 0.29) is 18.3 Å². The molecule has 0 bridgehead atoms. The molecular formula is C15H15BrFNO. The lowest BCUT2D eigenvalue weighted by Gasteiger charge is -2.14. The molecule has 0 saturated heterocycles. The van der Waals surface area contributed by atoms with Crippen LogP contribution in [0.25, 0.3) is 0 Å². The van der Waals surface area contributed by atoms with E-state index < -0.39 is 0 Å². The van der Waals surface area contributed by atoms with Crippen molar-refractivity contribution < 1.29 is 9.50 Å². The molecule has 0 spiro atoms. The average Bonchev–Trinajstić information content (AvgIpc) is 2.38. The summed E-state index contributed by atoms with van der Waals surface area (Å²) in [5.74, 6) is -0.170. The third kappa shape index (κ3) is 4.40. The molecule has 0 aliphatic carbocycles. The number of benzene rings is 1. The number of hydrogen-bond acceptors (Lipinski definition) is 2. The van der Waals surface area contributed by atoms with E-state index in [4.69, 9.17) is 0 Å². The van der Waals surface area contributed by atoms with Crippen molar-refractivity contribution in [2.24, 2.45) is 5.92 Å². The quantitative estimate of drug-likeness (QED) is 0.915. The summed E-state index contributed by atoms with van der Waals surface area (Å²) in [6.07, 6.45) is 4.89. The largest absolute Gasteiger partial charge is 0.396 e. The summed E-state index contributed by atoms with van der Waals surface area (Å²) in [7, 11) is 0. The van der Waals surface area contributed by atoms with Crippen LogP contribution in [0.5, 0.6) is 0 Å². The summed E-state index contributed by atoms with van der Waals surface area (Å²) in [6.45, 7) is 0.0724. The third-order valence-corrected chi connectivity index (χ3v) is 3.39. The van der Waals surface area contributed by atoms with Gasteiger partial charge in [0.25, 0.3) is 0 Å². The lowest BCUT2D eigenvalue weighted by atomic mass is 9.94. The van der Waals surface area contributed by atoms with Gasteiger partial charge in [0.05, 0.1) is 0 Å². The highest BCUT2D eigenvalue weighted by Gasteiger charge is 2.11. The highest BCUT2D eigenvalue weighted by atomic mass is 79.9. The SMILES string of the molecule is OCC(Cc1cccc(F)c1)Cc1cncc(Br)c1. The maximum atomic E-state index is 13.1. The van der Waals surface area contributed by atoms with Crippen molar-refractivity contribution in [1.29, 1.82) is 0 Å². The Balaban J connectivity index is 2.04. The molecule has 2 aromatic rings. The first-order chi connectivity index (χ1) is 9.17. The highest BCUT2D eigenvalue weighted by molar-refractivity contribution is 9.10. The second-order valence-electron chi connectivity index (χ2n) is 4.60. The molecule has 2 nitrogen and oxygen atoms in total. The Morgan fingerprint density at radius 2 is 1.95 bits per heavy atom. The van der Waals surface area contributed by atoms with Crippen LogP contribution in [0, 0.1) is 11.7 Å². The van der Waals surface area contributed by atoms with Gasteiger partial charge in [-0.05, 0) is 64.0 Å². The predicted molar refractivity (Wildman–Crippen MR) is 76.3 cm³/mol. The Morgan fingerprint density at radius 3 is 2.63 bits per heavy atom. The normalized spacial score (nSPS) is 12.4. The van der Waals surface area contributed by atoms with Gasteiger partial charge in [-0.1, -0.05) is 12.1 Å². The molecular weight excluding hydrogens is 309 g/mol. The third-order valence-electron chi connectivity index (χ3n) is 2.96. The monoisotopic (exact) mass is 323 g/mol. The fourth-order valence-corrected chi connectivity index (χ4v) is 2.51. The van der Waals surface area contributed by atoms with Gasteiger partial charge in [0.1, 0.15) is 5.82 Å². The van der Waals surface area contributed by atoms with Crippen molar-refractivity contribution in [1.82, 2.24) is 4.98 Å². The summed E-state index contributed by atoms with van der Waals surface area (Å²) >= 11 is 3.38. The van der Waals surface area contributed by atoms with E-state index in [1.165, 1.54) is 12.1 Å². The van der Waals surface area contributed by atoms with Crippen LogP contribution in [-0.2, 0) is 12.8 Å². The van der Waals surface area contributed by atoms with Crippen LogP contribution in [0.4, 0.5) is 4.39 Å². The molecule has 2 rings (SSSR count). The first kappa shape index (κ1) is 14.2. The molecule has 0 aliphatic heterocycles. The van der Waals surface area contributed by atoms with Crippen molar-refractivity contribution in [2.45, 2.75) is 12.8 Å². The summed E-state index contributed by atoms with van der Waals surface area (Å²) in [6, 6.07) is 8.50. The molecule has 1 aromatic heterocycles. The van der Waals surface area contributed by atoms with Gasteiger partial charge in [0.2, 0.25) is 0 Å². The second-order valence-corrected chi connectivity index (χ2v) is 5.51. The van der Waals surface area contributed by atoms with Gasteiger partial charge in [-0.3, -0.25) is 4.98 Å². The van der Waals surface area contributed by atoms with Crippen LogP contribution in [0.15, 0.2) is 47.2 Å². The Hall–Kier alpha value is -1.26. The Bertz CT molecular complexity index is 500. The maximum Gasteiger partial charge on any atom is 0.123 e. The molecule has 0 amide bonds. The lowest BCUT2D eigenvalue weighted by Crippen LogP contribution is -2.13. The van der Waals surface area contributed by atoms with Gasteiger partial charge in [-0.15, -0.1) is 0 Å². The molecule has 0 saturated carbocycles. The van der Waals surface area contributed by atoms with Crippen molar-refractivity contribution in [3.05, 3.63) is 64.1 Å². The van der Waals surface area contributed by atoms with Crippen LogP contribution in [0.2, 0.25) is 0 Å². The van der Waals surface area contributed by atoms with E-state index in [9.17, 15) is 9.50 Å². The van der Waals surface area contributed by atoms with Crippen LogP contribution in [0.1, 0.15) is 11.1 Å². The van der Waals surface area contributed by atoms with E-state index in [2.05, 4.69) is 20.9 Å².